The third kappa shape index (κ3) is 5.64. The number of aliphatic hydroxyl groups is 9. The molecule has 33 heavy (non-hydrogen) atoms. The van der Waals surface area contributed by atoms with Crippen LogP contribution < -0.4 is 0 Å². The molecule has 194 valence electrons. The highest BCUT2D eigenvalue weighted by atomic mass is 16.7. The molecule has 3 rings (SSSR count). The van der Waals surface area contributed by atoms with E-state index in [-0.39, 0.29) is 6.61 Å². The Morgan fingerprint density at radius 3 is 1.97 bits per heavy atom. The zero-order valence-electron chi connectivity index (χ0n) is 17.7. The minimum absolute atomic E-state index is 0.365. The van der Waals surface area contributed by atoms with E-state index in [4.69, 9.17) is 28.4 Å². The van der Waals surface area contributed by atoms with Crippen molar-refractivity contribution in [1.29, 1.82) is 0 Å². The van der Waals surface area contributed by atoms with Crippen LogP contribution in [0.4, 0.5) is 0 Å². The van der Waals surface area contributed by atoms with Crippen molar-refractivity contribution in [3.63, 3.8) is 0 Å². The Kier molecular flexibility index (Phi) is 9.35. The molecule has 3 fully saturated rings. The predicted molar refractivity (Wildman–Crippen MR) is 100 cm³/mol. The highest BCUT2D eigenvalue weighted by molar-refractivity contribution is 4.93. The van der Waals surface area contributed by atoms with Crippen molar-refractivity contribution < 1.29 is 74.4 Å². The zero-order valence-corrected chi connectivity index (χ0v) is 17.7. The van der Waals surface area contributed by atoms with E-state index in [9.17, 15) is 46.0 Å². The number of hydrogen-bond acceptors (Lipinski definition) is 15. The summed E-state index contributed by atoms with van der Waals surface area (Å²) in [4.78, 5) is 0. The quantitative estimate of drug-likeness (QED) is 0.162. The Morgan fingerprint density at radius 1 is 0.697 bits per heavy atom. The molecule has 0 amide bonds. The van der Waals surface area contributed by atoms with Crippen molar-refractivity contribution >= 4 is 0 Å². The third-order valence-electron chi connectivity index (χ3n) is 5.89. The monoisotopic (exact) mass is 488 g/mol. The van der Waals surface area contributed by atoms with Gasteiger partial charge in [-0.05, 0) is 0 Å². The maximum atomic E-state index is 10.7. The second-order valence-corrected chi connectivity index (χ2v) is 8.14. The molecule has 0 radical (unpaired) electrons. The molecule has 3 aliphatic rings. The molecule has 0 aromatic heterocycles. The maximum absolute atomic E-state index is 10.7. The average Bonchev–Trinajstić information content (AvgIpc) is 2.80. The third-order valence-corrected chi connectivity index (χ3v) is 5.89. The van der Waals surface area contributed by atoms with Gasteiger partial charge in [0.15, 0.2) is 18.9 Å². The summed E-state index contributed by atoms with van der Waals surface area (Å²) < 4.78 is 31.7. The van der Waals surface area contributed by atoms with Crippen LogP contribution in [0.1, 0.15) is 0 Å². The standard InChI is InChI=1S/C18H32O15/c1-28-16-14(27)15(33-18-12(25)8(21)5(20)3-29-18)10(23)7(32-16)4-30-17-13(26)11(24)9(22)6(2-19)31-17/h5-27H,2-4H2,1H3/t5-,6-,7-,8+,9-,10-,11+,12+,13+,14+,15+,16+,17+,18-/m1/s1. The summed E-state index contributed by atoms with van der Waals surface area (Å²) in [6.45, 7) is -1.51. The fourth-order valence-electron chi connectivity index (χ4n) is 3.84. The van der Waals surface area contributed by atoms with Crippen LogP contribution in [0.2, 0.25) is 0 Å². The Bertz CT molecular complexity index is 609. The lowest BCUT2D eigenvalue weighted by Crippen LogP contribution is -2.64. The molecule has 15 nitrogen and oxygen atoms in total. The second-order valence-electron chi connectivity index (χ2n) is 8.14. The first kappa shape index (κ1) is 27.0. The predicted octanol–water partition coefficient (Wildman–Crippen LogP) is -6.28. The number of methoxy groups -OCH3 is 1. The van der Waals surface area contributed by atoms with Crippen molar-refractivity contribution in [3.05, 3.63) is 0 Å². The molecule has 0 aromatic carbocycles. The molecule has 9 N–H and O–H groups in total. The van der Waals surface area contributed by atoms with E-state index in [1.807, 2.05) is 0 Å². The van der Waals surface area contributed by atoms with Gasteiger partial charge in [-0.25, -0.2) is 0 Å². The lowest BCUT2D eigenvalue weighted by molar-refractivity contribution is -0.355. The Labute approximate surface area is 188 Å². The summed E-state index contributed by atoms with van der Waals surface area (Å²) >= 11 is 0. The van der Waals surface area contributed by atoms with Gasteiger partial charge in [-0.1, -0.05) is 0 Å². The van der Waals surface area contributed by atoms with Crippen molar-refractivity contribution in [2.75, 3.05) is 26.9 Å². The van der Waals surface area contributed by atoms with E-state index < -0.39 is 99.2 Å². The van der Waals surface area contributed by atoms with Gasteiger partial charge in [0, 0.05) is 7.11 Å². The van der Waals surface area contributed by atoms with E-state index in [1.54, 1.807) is 0 Å². The Balaban J connectivity index is 1.66. The van der Waals surface area contributed by atoms with Crippen molar-refractivity contribution in [3.8, 4) is 0 Å². The van der Waals surface area contributed by atoms with Crippen LogP contribution in [0.3, 0.4) is 0 Å². The summed E-state index contributed by atoms with van der Waals surface area (Å²) in [6, 6.07) is 0. The van der Waals surface area contributed by atoms with Gasteiger partial charge in [0.2, 0.25) is 0 Å². The molecule has 0 bridgehead atoms. The Morgan fingerprint density at radius 2 is 1.33 bits per heavy atom. The van der Waals surface area contributed by atoms with Crippen LogP contribution in [-0.4, -0.2) is 159 Å². The van der Waals surface area contributed by atoms with Gasteiger partial charge in [0.1, 0.15) is 67.1 Å². The van der Waals surface area contributed by atoms with E-state index in [0.29, 0.717) is 0 Å². The fourth-order valence-corrected chi connectivity index (χ4v) is 3.84. The highest BCUT2D eigenvalue weighted by Gasteiger charge is 2.50. The van der Waals surface area contributed by atoms with E-state index >= 15 is 0 Å². The molecular weight excluding hydrogens is 456 g/mol. The van der Waals surface area contributed by atoms with Gasteiger partial charge in [-0.15, -0.1) is 0 Å². The maximum Gasteiger partial charge on any atom is 0.186 e. The van der Waals surface area contributed by atoms with E-state index in [1.165, 1.54) is 7.11 Å². The first-order chi connectivity index (χ1) is 15.6. The fraction of sp³-hybridized carbons (Fsp3) is 1.00. The summed E-state index contributed by atoms with van der Waals surface area (Å²) in [5.74, 6) is 0. The van der Waals surface area contributed by atoms with Gasteiger partial charge in [0.25, 0.3) is 0 Å². The topological polar surface area (TPSA) is 237 Å². The number of hydrogen-bond donors (Lipinski definition) is 9. The van der Waals surface area contributed by atoms with Crippen LogP contribution in [0.25, 0.3) is 0 Å². The molecular formula is C18H32O15. The van der Waals surface area contributed by atoms with Crippen LogP contribution >= 0.6 is 0 Å². The minimum atomic E-state index is -1.68. The second kappa shape index (κ2) is 11.4. The van der Waals surface area contributed by atoms with Crippen LogP contribution in [-0.2, 0) is 28.4 Å². The van der Waals surface area contributed by atoms with Gasteiger partial charge in [-0.3, -0.25) is 0 Å². The molecule has 0 unspecified atom stereocenters. The van der Waals surface area contributed by atoms with Crippen LogP contribution in [0.5, 0.6) is 0 Å². The SMILES string of the molecule is CO[C@H]1O[C@H](CO[C@H]2O[C@H](CO)[C@@H](O)[C@H](O)[C@@H]2O)[C@@H](O)[C@H](O[C@H]2OC[C@@H](O)[C@H](O)[C@@H]2O)[C@@H]1O. The van der Waals surface area contributed by atoms with Gasteiger partial charge in [-0.2, -0.15) is 0 Å². The van der Waals surface area contributed by atoms with E-state index in [2.05, 4.69) is 0 Å². The molecule has 14 atom stereocenters. The van der Waals surface area contributed by atoms with Crippen LogP contribution in [0.15, 0.2) is 0 Å². The number of aliphatic hydroxyl groups excluding tert-OH is 9. The normalized spacial score (nSPS) is 51.5. The molecule has 0 spiro atoms. The van der Waals surface area contributed by atoms with Crippen molar-refractivity contribution in [1.82, 2.24) is 0 Å². The summed E-state index contributed by atoms with van der Waals surface area (Å²) in [5, 5.41) is 89.7. The van der Waals surface area contributed by atoms with Gasteiger partial charge in [0.05, 0.1) is 19.8 Å². The van der Waals surface area contributed by atoms with E-state index in [0.717, 1.165) is 0 Å². The summed E-state index contributed by atoms with van der Waals surface area (Å²) in [6.07, 6.45) is -20.9. The van der Waals surface area contributed by atoms with Crippen molar-refractivity contribution in [2.24, 2.45) is 0 Å². The average molecular weight is 488 g/mol. The molecule has 0 saturated carbocycles. The summed E-state index contributed by atoms with van der Waals surface area (Å²) in [7, 11) is 1.21. The lowest BCUT2D eigenvalue weighted by atomic mass is 9.97. The van der Waals surface area contributed by atoms with Gasteiger partial charge >= 0.3 is 0 Å². The molecule has 0 aromatic rings. The smallest absolute Gasteiger partial charge is 0.186 e. The zero-order chi connectivity index (χ0) is 24.4. The Hall–Kier alpha value is -0.600. The van der Waals surface area contributed by atoms with Crippen LogP contribution in [0, 0.1) is 0 Å². The minimum Gasteiger partial charge on any atom is -0.394 e. The summed E-state index contributed by atoms with van der Waals surface area (Å²) in [5.41, 5.74) is 0. The van der Waals surface area contributed by atoms with Crippen molar-refractivity contribution in [2.45, 2.75) is 86.0 Å². The molecule has 3 saturated heterocycles. The largest absolute Gasteiger partial charge is 0.394 e. The molecule has 3 heterocycles. The molecule has 0 aliphatic carbocycles. The first-order valence-electron chi connectivity index (χ1n) is 10.4. The number of rotatable bonds is 7. The highest BCUT2D eigenvalue weighted by Crippen LogP contribution is 2.29. The molecule has 3 aliphatic heterocycles. The molecule has 15 heteroatoms. The van der Waals surface area contributed by atoms with Gasteiger partial charge < -0.3 is 74.4 Å². The number of ether oxygens (including phenoxy) is 6. The lowest BCUT2D eigenvalue weighted by Gasteiger charge is -2.45. The first-order valence-corrected chi connectivity index (χ1v) is 10.4.